The zero-order chi connectivity index (χ0) is 20.6. The van der Waals surface area contributed by atoms with Crippen LogP contribution in [0.4, 0.5) is 10.5 Å². The van der Waals surface area contributed by atoms with E-state index < -0.39 is 18.0 Å². The summed E-state index contributed by atoms with van der Waals surface area (Å²) in [6.07, 6.45) is 0. The number of likely N-dealkylation sites (N-methyl/N-ethyl adjacent to an activating group) is 1. The summed E-state index contributed by atoms with van der Waals surface area (Å²) in [6, 6.07) is 9.83. The summed E-state index contributed by atoms with van der Waals surface area (Å²) >= 11 is 11.9. The molecule has 146 valence electrons. The quantitative estimate of drug-likeness (QED) is 0.408. The van der Waals surface area contributed by atoms with Crippen LogP contribution in [0.2, 0.25) is 10.0 Å². The van der Waals surface area contributed by atoms with Crippen LogP contribution in [0.25, 0.3) is 0 Å². The van der Waals surface area contributed by atoms with Crippen LogP contribution in [-0.2, 0) is 9.59 Å². The van der Waals surface area contributed by atoms with Gasteiger partial charge in [0, 0.05) is 7.05 Å². The summed E-state index contributed by atoms with van der Waals surface area (Å²) in [4.78, 5) is 39.8. The van der Waals surface area contributed by atoms with Gasteiger partial charge in [0.2, 0.25) is 0 Å². The second-order valence-electron chi connectivity index (χ2n) is 6.71. The second-order valence-corrected chi connectivity index (χ2v) is 7.53. The molecule has 0 aliphatic carbocycles. The topological polar surface area (TPSA) is 66.9 Å². The smallest absolute Gasteiger partial charge is 0.332 e. The average Bonchev–Trinajstić information content (AvgIpc) is 2.87. The minimum atomic E-state index is -0.795. The SMILES string of the molecule is CC(C)C(=O)Oc1ccc(C2C(=O)N(c3ccc(Cl)c(Cl)c3)C(=O)N2C)cc1. The minimum absolute atomic E-state index is 0.250. The lowest BCUT2D eigenvalue weighted by molar-refractivity contribution is -0.137. The van der Waals surface area contributed by atoms with E-state index in [4.69, 9.17) is 27.9 Å². The zero-order valence-corrected chi connectivity index (χ0v) is 17.0. The molecule has 3 rings (SSSR count). The molecule has 2 aromatic carbocycles. The molecule has 28 heavy (non-hydrogen) atoms. The van der Waals surface area contributed by atoms with Crippen molar-refractivity contribution in [2.24, 2.45) is 5.92 Å². The van der Waals surface area contributed by atoms with Gasteiger partial charge in [-0.05, 0) is 35.9 Å². The minimum Gasteiger partial charge on any atom is -0.426 e. The Morgan fingerprint density at radius 2 is 1.68 bits per heavy atom. The fourth-order valence-electron chi connectivity index (χ4n) is 2.83. The Morgan fingerprint density at radius 1 is 1.04 bits per heavy atom. The number of carbonyl (C=O) groups is 3. The van der Waals surface area contributed by atoms with Crippen LogP contribution >= 0.6 is 23.2 Å². The van der Waals surface area contributed by atoms with E-state index in [1.807, 2.05) is 0 Å². The van der Waals surface area contributed by atoms with Crippen LogP contribution in [0.15, 0.2) is 42.5 Å². The Balaban J connectivity index is 1.86. The molecule has 1 saturated heterocycles. The zero-order valence-electron chi connectivity index (χ0n) is 15.5. The molecule has 6 nitrogen and oxygen atoms in total. The number of nitrogens with zero attached hydrogens (tertiary/aromatic N) is 2. The third-order valence-electron chi connectivity index (χ3n) is 4.38. The monoisotopic (exact) mass is 420 g/mol. The van der Waals surface area contributed by atoms with Gasteiger partial charge in [0.1, 0.15) is 11.8 Å². The number of ether oxygens (including phenoxy) is 1. The lowest BCUT2D eigenvalue weighted by Crippen LogP contribution is -2.31. The first-order valence-corrected chi connectivity index (χ1v) is 9.33. The number of imide groups is 1. The molecule has 0 spiro atoms. The lowest BCUT2D eigenvalue weighted by atomic mass is 10.1. The first kappa shape index (κ1) is 20.2. The maximum absolute atomic E-state index is 13.0. The summed E-state index contributed by atoms with van der Waals surface area (Å²) in [7, 11) is 1.55. The van der Waals surface area contributed by atoms with E-state index in [0.717, 1.165) is 4.90 Å². The third kappa shape index (κ3) is 3.70. The van der Waals surface area contributed by atoms with Gasteiger partial charge in [0.15, 0.2) is 0 Å². The predicted octanol–water partition coefficient (Wildman–Crippen LogP) is 4.69. The fourth-order valence-corrected chi connectivity index (χ4v) is 3.12. The number of hydrogen-bond acceptors (Lipinski definition) is 4. The van der Waals surface area contributed by atoms with Crippen LogP contribution in [0, 0.1) is 5.92 Å². The van der Waals surface area contributed by atoms with Gasteiger partial charge >= 0.3 is 12.0 Å². The number of rotatable bonds is 4. The van der Waals surface area contributed by atoms with E-state index >= 15 is 0 Å². The molecule has 3 amide bonds. The Morgan fingerprint density at radius 3 is 2.25 bits per heavy atom. The van der Waals surface area contributed by atoms with Gasteiger partial charge in [-0.1, -0.05) is 49.2 Å². The molecule has 0 saturated carbocycles. The van der Waals surface area contributed by atoms with Crippen molar-refractivity contribution in [1.29, 1.82) is 0 Å². The third-order valence-corrected chi connectivity index (χ3v) is 5.12. The number of halogens is 2. The number of hydrogen-bond donors (Lipinski definition) is 0. The van der Waals surface area contributed by atoms with Crippen LogP contribution in [0.1, 0.15) is 25.5 Å². The van der Waals surface area contributed by atoms with Gasteiger partial charge in [0.05, 0.1) is 21.7 Å². The summed E-state index contributed by atoms with van der Waals surface area (Å²) in [5.74, 6) is -0.622. The van der Waals surface area contributed by atoms with Crippen molar-refractivity contribution in [3.63, 3.8) is 0 Å². The highest BCUT2D eigenvalue weighted by Gasteiger charge is 2.44. The van der Waals surface area contributed by atoms with Crippen molar-refractivity contribution in [3.05, 3.63) is 58.1 Å². The average molecular weight is 421 g/mol. The number of benzene rings is 2. The van der Waals surface area contributed by atoms with Crippen molar-refractivity contribution >= 4 is 46.8 Å². The molecule has 0 N–H and O–H groups in total. The van der Waals surface area contributed by atoms with E-state index in [2.05, 4.69) is 0 Å². The summed E-state index contributed by atoms with van der Waals surface area (Å²) in [5, 5.41) is 0.586. The van der Waals surface area contributed by atoms with Crippen LogP contribution in [0.5, 0.6) is 5.75 Å². The van der Waals surface area contributed by atoms with Gasteiger partial charge in [0.25, 0.3) is 5.91 Å². The van der Waals surface area contributed by atoms with E-state index in [9.17, 15) is 14.4 Å². The van der Waals surface area contributed by atoms with Gasteiger partial charge in [-0.2, -0.15) is 0 Å². The standard InChI is InChI=1S/C20H18Cl2N2O4/c1-11(2)19(26)28-14-7-4-12(5-8-14)17-18(25)24(20(27)23(17)3)13-6-9-15(21)16(22)10-13/h4-11,17H,1-3H3. The Bertz CT molecular complexity index is 944. The molecule has 1 unspecified atom stereocenters. The van der Waals surface area contributed by atoms with Crippen LogP contribution in [-0.4, -0.2) is 29.9 Å². The molecule has 0 aromatic heterocycles. The maximum atomic E-state index is 13.0. The van der Waals surface area contributed by atoms with Crippen molar-refractivity contribution in [3.8, 4) is 5.75 Å². The lowest BCUT2D eigenvalue weighted by Gasteiger charge is -2.16. The molecular formula is C20H18Cl2N2O4. The highest BCUT2D eigenvalue weighted by Crippen LogP contribution is 2.36. The second kappa shape index (κ2) is 7.81. The van der Waals surface area contributed by atoms with E-state index in [1.165, 1.54) is 17.0 Å². The summed E-state index contributed by atoms with van der Waals surface area (Å²) in [5.41, 5.74) is 0.953. The maximum Gasteiger partial charge on any atom is 0.332 e. The van der Waals surface area contributed by atoms with Gasteiger partial charge in [-0.15, -0.1) is 0 Å². The molecule has 8 heteroatoms. The Kier molecular flexibility index (Phi) is 5.63. The fraction of sp³-hybridized carbons (Fsp3) is 0.250. The summed E-state index contributed by atoms with van der Waals surface area (Å²) < 4.78 is 5.24. The molecule has 1 aliphatic heterocycles. The Labute approximate surface area is 172 Å². The first-order valence-electron chi connectivity index (χ1n) is 8.58. The normalized spacial score (nSPS) is 16.9. The van der Waals surface area contributed by atoms with Crippen molar-refractivity contribution < 1.29 is 19.1 Å². The first-order chi connectivity index (χ1) is 13.2. The molecule has 1 atom stereocenters. The van der Waals surface area contributed by atoms with Crippen molar-refractivity contribution in [1.82, 2.24) is 4.90 Å². The number of amides is 3. The molecule has 1 aliphatic rings. The van der Waals surface area contributed by atoms with Crippen molar-refractivity contribution in [2.75, 3.05) is 11.9 Å². The molecule has 1 fully saturated rings. The van der Waals surface area contributed by atoms with Gasteiger partial charge in [-0.25, -0.2) is 9.69 Å². The van der Waals surface area contributed by atoms with Crippen LogP contribution in [0.3, 0.4) is 0 Å². The Hall–Kier alpha value is -2.57. The molecular weight excluding hydrogens is 403 g/mol. The predicted molar refractivity (Wildman–Crippen MR) is 107 cm³/mol. The van der Waals surface area contributed by atoms with E-state index in [0.29, 0.717) is 22.0 Å². The van der Waals surface area contributed by atoms with Gasteiger partial charge in [-0.3, -0.25) is 9.59 Å². The van der Waals surface area contributed by atoms with Gasteiger partial charge < -0.3 is 9.64 Å². The highest BCUT2D eigenvalue weighted by molar-refractivity contribution is 6.42. The highest BCUT2D eigenvalue weighted by atomic mass is 35.5. The van der Waals surface area contributed by atoms with E-state index in [-0.39, 0.29) is 16.9 Å². The van der Waals surface area contributed by atoms with Crippen LogP contribution < -0.4 is 9.64 Å². The van der Waals surface area contributed by atoms with Crippen molar-refractivity contribution in [2.45, 2.75) is 19.9 Å². The molecule has 0 radical (unpaired) electrons. The van der Waals surface area contributed by atoms with E-state index in [1.54, 1.807) is 51.2 Å². The molecule has 2 aromatic rings. The number of anilines is 1. The number of carbonyl (C=O) groups excluding carboxylic acids is 3. The summed E-state index contributed by atoms with van der Waals surface area (Å²) in [6.45, 7) is 3.48. The largest absolute Gasteiger partial charge is 0.426 e. The number of urea groups is 1. The molecule has 0 bridgehead atoms. The number of esters is 1. The molecule has 1 heterocycles.